The van der Waals surface area contributed by atoms with Crippen molar-refractivity contribution in [3.63, 3.8) is 0 Å². The molecule has 2 atom stereocenters. The molecule has 1 saturated heterocycles. The van der Waals surface area contributed by atoms with E-state index in [-0.39, 0.29) is 19.1 Å². The summed E-state index contributed by atoms with van der Waals surface area (Å²) in [6.45, 7) is 0.105. The zero-order chi connectivity index (χ0) is 25.4. The lowest BCUT2D eigenvalue weighted by Gasteiger charge is -2.24. The highest BCUT2D eigenvalue weighted by atomic mass is 16.5. The number of amides is 3. The highest BCUT2D eigenvalue weighted by Gasteiger charge is 2.44. The summed E-state index contributed by atoms with van der Waals surface area (Å²) in [5, 5.41) is 11.8. The first kappa shape index (κ1) is 23.2. The topological polar surface area (TPSA) is 108 Å². The maximum absolute atomic E-state index is 13.7. The number of nitrogens with zero attached hydrogens (tertiary/aromatic N) is 2. The molecule has 8 heteroatoms. The third kappa shape index (κ3) is 4.68. The summed E-state index contributed by atoms with van der Waals surface area (Å²) in [5.74, 6) is 1.46. The summed E-state index contributed by atoms with van der Waals surface area (Å²) < 4.78 is 5.42. The Morgan fingerprint density at radius 2 is 1.76 bits per heavy atom. The molecule has 3 amide bonds. The number of aliphatic hydroxyl groups excluding tert-OH is 1. The SMILES string of the molecule is O=C1N[C@H](c2ccc(OCCO)cc2)C(=O)N1[C@@H](Cc1ccccc1)c1nc2ccc(C3CC3)cc2[nH]1. The third-order valence-corrected chi connectivity index (χ3v) is 7.02. The van der Waals surface area contributed by atoms with E-state index in [9.17, 15) is 9.59 Å². The molecule has 0 radical (unpaired) electrons. The van der Waals surface area contributed by atoms with Crippen LogP contribution in [0.2, 0.25) is 0 Å². The standard InChI is InChI=1S/C29H28N4O4/c34-14-15-37-22-11-8-20(9-12-22)26-28(35)33(29(36)32-26)25(16-18-4-2-1-3-5-18)27-30-23-13-10-21(19-6-7-19)17-24(23)31-27/h1-5,8-13,17,19,25-26,34H,6-7,14-16H2,(H,30,31)(H,32,36)/t25-,26+/m0/s1. The molecular formula is C29H28N4O4. The van der Waals surface area contributed by atoms with Crippen molar-refractivity contribution >= 4 is 23.0 Å². The number of hydrogen-bond donors (Lipinski definition) is 3. The van der Waals surface area contributed by atoms with Crippen molar-refractivity contribution in [2.24, 2.45) is 0 Å². The fourth-order valence-corrected chi connectivity index (χ4v) is 4.96. The van der Waals surface area contributed by atoms with Crippen molar-refractivity contribution < 1.29 is 19.4 Å². The van der Waals surface area contributed by atoms with E-state index >= 15 is 0 Å². The van der Waals surface area contributed by atoms with E-state index in [0.717, 1.165) is 16.6 Å². The van der Waals surface area contributed by atoms with Crippen molar-refractivity contribution in [2.75, 3.05) is 13.2 Å². The molecule has 0 spiro atoms. The zero-order valence-electron chi connectivity index (χ0n) is 20.3. The Labute approximate surface area is 214 Å². The number of imide groups is 1. The number of carbonyl (C=O) groups excluding carboxylic acids is 2. The van der Waals surface area contributed by atoms with E-state index in [1.807, 2.05) is 36.4 Å². The lowest BCUT2D eigenvalue weighted by Crippen LogP contribution is -2.36. The number of urea groups is 1. The van der Waals surface area contributed by atoms with Gasteiger partial charge in [-0.3, -0.25) is 9.69 Å². The van der Waals surface area contributed by atoms with E-state index in [4.69, 9.17) is 14.8 Å². The van der Waals surface area contributed by atoms with Crippen molar-refractivity contribution in [3.05, 3.63) is 95.3 Å². The van der Waals surface area contributed by atoms with Crippen LogP contribution in [0, 0.1) is 0 Å². The number of aromatic amines is 1. The zero-order valence-corrected chi connectivity index (χ0v) is 20.3. The average Bonchev–Trinajstić information content (AvgIpc) is 3.62. The van der Waals surface area contributed by atoms with Crippen LogP contribution in [0.5, 0.6) is 5.75 Å². The van der Waals surface area contributed by atoms with E-state index in [2.05, 4.69) is 22.4 Å². The summed E-state index contributed by atoms with van der Waals surface area (Å²) in [4.78, 5) is 36.5. The number of benzene rings is 3. The number of fused-ring (bicyclic) bond motifs is 1. The van der Waals surface area contributed by atoms with Crippen LogP contribution in [0.1, 0.15) is 53.4 Å². The molecule has 2 heterocycles. The number of H-pyrrole nitrogens is 1. The second-order valence-electron chi connectivity index (χ2n) is 9.61. The molecule has 2 aliphatic rings. The van der Waals surface area contributed by atoms with Gasteiger partial charge in [-0.05, 0) is 59.7 Å². The predicted molar refractivity (Wildman–Crippen MR) is 138 cm³/mol. The number of hydrogen-bond acceptors (Lipinski definition) is 5. The molecule has 6 rings (SSSR count). The van der Waals surface area contributed by atoms with E-state index in [1.165, 1.54) is 23.3 Å². The van der Waals surface area contributed by atoms with Gasteiger partial charge in [0.2, 0.25) is 0 Å². The second kappa shape index (κ2) is 9.71. The van der Waals surface area contributed by atoms with Gasteiger partial charge in [0.1, 0.15) is 30.3 Å². The van der Waals surface area contributed by atoms with E-state index in [0.29, 0.717) is 29.5 Å². The van der Waals surface area contributed by atoms with Crippen LogP contribution in [0.25, 0.3) is 11.0 Å². The first-order valence-electron chi connectivity index (χ1n) is 12.6. The molecule has 1 aliphatic heterocycles. The van der Waals surface area contributed by atoms with Gasteiger partial charge in [0, 0.05) is 6.42 Å². The highest BCUT2D eigenvalue weighted by Crippen LogP contribution is 2.41. The third-order valence-electron chi connectivity index (χ3n) is 7.02. The number of rotatable bonds is 9. The van der Waals surface area contributed by atoms with Crippen molar-refractivity contribution in [3.8, 4) is 5.75 Å². The van der Waals surface area contributed by atoms with Gasteiger partial charge in [-0.2, -0.15) is 0 Å². The molecule has 3 aromatic carbocycles. The quantitative estimate of drug-likeness (QED) is 0.298. The first-order chi connectivity index (χ1) is 18.1. The van der Waals surface area contributed by atoms with Crippen LogP contribution in [-0.2, 0) is 11.2 Å². The van der Waals surface area contributed by atoms with Gasteiger partial charge < -0.3 is 20.1 Å². The van der Waals surface area contributed by atoms with Gasteiger partial charge in [-0.1, -0.05) is 48.5 Å². The molecule has 3 N–H and O–H groups in total. The molecule has 0 bridgehead atoms. The molecule has 1 aliphatic carbocycles. The van der Waals surface area contributed by atoms with Gasteiger partial charge in [-0.15, -0.1) is 0 Å². The van der Waals surface area contributed by atoms with Gasteiger partial charge in [-0.25, -0.2) is 9.78 Å². The number of aliphatic hydroxyl groups is 1. The normalized spacial score (nSPS) is 18.3. The first-order valence-corrected chi connectivity index (χ1v) is 12.6. The summed E-state index contributed by atoms with van der Waals surface area (Å²) >= 11 is 0. The summed E-state index contributed by atoms with van der Waals surface area (Å²) in [6.07, 6.45) is 2.86. The Hall–Kier alpha value is -4.17. The van der Waals surface area contributed by atoms with E-state index < -0.39 is 18.1 Å². The Bertz CT molecular complexity index is 1430. The van der Waals surface area contributed by atoms with Gasteiger partial charge in [0.15, 0.2) is 0 Å². The summed E-state index contributed by atoms with van der Waals surface area (Å²) in [7, 11) is 0. The van der Waals surface area contributed by atoms with Crippen LogP contribution in [0.15, 0.2) is 72.8 Å². The van der Waals surface area contributed by atoms with E-state index in [1.54, 1.807) is 24.3 Å². The molecule has 8 nitrogen and oxygen atoms in total. The maximum Gasteiger partial charge on any atom is 0.325 e. The molecule has 37 heavy (non-hydrogen) atoms. The summed E-state index contributed by atoms with van der Waals surface area (Å²) in [5.41, 5.74) is 4.69. The van der Waals surface area contributed by atoms with Gasteiger partial charge >= 0.3 is 6.03 Å². The van der Waals surface area contributed by atoms with Gasteiger partial charge in [0.05, 0.1) is 17.6 Å². The minimum atomic E-state index is -0.802. The maximum atomic E-state index is 13.7. The molecule has 2 fully saturated rings. The number of aromatic nitrogens is 2. The van der Waals surface area contributed by atoms with Gasteiger partial charge in [0.25, 0.3) is 5.91 Å². The fraction of sp³-hybridized carbons (Fsp3) is 0.276. The number of nitrogens with one attached hydrogen (secondary N) is 2. The second-order valence-corrected chi connectivity index (χ2v) is 9.61. The average molecular weight is 497 g/mol. The van der Waals surface area contributed by atoms with Crippen molar-refractivity contribution in [1.29, 1.82) is 0 Å². The van der Waals surface area contributed by atoms with Crippen LogP contribution in [-0.4, -0.2) is 45.1 Å². The predicted octanol–water partition coefficient (Wildman–Crippen LogP) is 4.39. The molecular weight excluding hydrogens is 468 g/mol. The van der Waals surface area contributed by atoms with Crippen molar-refractivity contribution in [1.82, 2.24) is 20.2 Å². The highest BCUT2D eigenvalue weighted by molar-refractivity contribution is 6.05. The molecule has 4 aromatic rings. The van der Waals surface area contributed by atoms with Crippen molar-refractivity contribution in [2.45, 2.75) is 37.3 Å². The van der Waals surface area contributed by atoms with Crippen LogP contribution in [0.4, 0.5) is 4.79 Å². The minimum Gasteiger partial charge on any atom is -0.491 e. The molecule has 0 unspecified atom stereocenters. The minimum absolute atomic E-state index is 0.0830. The number of carbonyl (C=O) groups is 2. The lowest BCUT2D eigenvalue weighted by atomic mass is 10.0. The molecule has 1 aromatic heterocycles. The van der Waals surface area contributed by atoms with Crippen LogP contribution < -0.4 is 10.1 Å². The number of ether oxygens (including phenoxy) is 1. The Kier molecular flexibility index (Phi) is 6.10. The number of imidazole rings is 1. The monoisotopic (exact) mass is 496 g/mol. The largest absolute Gasteiger partial charge is 0.491 e. The fourth-order valence-electron chi connectivity index (χ4n) is 4.96. The van der Waals surface area contributed by atoms with Crippen LogP contribution >= 0.6 is 0 Å². The molecule has 1 saturated carbocycles. The Morgan fingerprint density at radius 1 is 1.00 bits per heavy atom. The lowest BCUT2D eigenvalue weighted by molar-refractivity contribution is -0.129. The Morgan fingerprint density at radius 3 is 2.49 bits per heavy atom. The van der Waals surface area contributed by atoms with Crippen LogP contribution in [0.3, 0.4) is 0 Å². The molecule has 188 valence electrons. The smallest absolute Gasteiger partial charge is 0.325 e. The summed E-state index contributed by atoms with van der Waals surface area (Å²) in [6, 6.07) is 21.2. The Balaban J connectivity index is 1.32.